The lowest BCUT2D eigenvalue weighted by molar-refractivity contribution is -0.113. The summed E-state index contributed by atoms with van der Waals surface area (Å²) >= 11 is 0. The topological polar surface area (TPSA) is 60.7 Å². The second kappa shape index (κ2) is 5.03. The van der Waals surface area contributed by atoms with E-state index in [1.807, 2.05) is 6.92 Å². The van der Waals surface area contributed by atoms with Gasteiger partial charge in [-0.1, -0.05) is 20.8 Å². The zero-order chi connectivity index (χ0) is 12.5. The van der Waals surface area contributed by atoms with Gasteiger partial charge in [0, 0.05) is 0 Å². The highest BCUT2D eigenvalue weighted by Crippen LogP contribution is 2.46. The molecule has 3 N–H and O–H groups in total. The Bertz CT molecular complexity index is 225. The largest absolute Gasteiger partial charge is 0.393 e. The second-order valence-corrected chi connectivity index (χ2v) is 6.14. The summed E-state index contributed by atoms with van der Waals surface area (Å²) in [6.45, 7) is 8.09. The molecule has 5 atom stereocenters. The fourth-order valence-corrected chi connectivity index (χ4v) is 3.19. The van der Waals surface area contributed by atoms with Gasteiger partial charge in [0.1, 0.15) is 0 Å². The van der Waals surface area contributed by atoms with Crippen LogP contribution < -0.4 is 0 Å². The van der Waals surface area contributed by atoms with Crippen LogP contribution in [0.5, 0.6) is 0 Å². The van der Waals surface area contributed by atoms with Crippen LogP contribution in [0.4, 0.5) is 0 Å². The van der Waals surface area contributed by atoms with Crippen LogP contribution in [0.1, 0.15) is 47.0 Å². The van der Waals surface area contributed by atoms with Crippen molar-refractivity contribution in [2.45, 2.75) is 65.3 Å². The van der Waals surface area contributed by atoms with Gasteiger partial charge in [-0.25, -0.2) is 0 Å². The van der Waals surface area contributed by atoms with Crippen LogP contribution in [0.3, 0.4) is 0 Å². The van der Waals surface area contributed by atoms with E-state index < -0.39 is 12.2 Å². The number of aliphatic hydroxyl groups excluding tert-OH is 3. The van der Waals surface area contributed by atoms with Gasteiger partial charge in [0.05, 0.1) is 18.3 Å². The molecule has 0 aliphatic heterocycles. The van der Waals surface area contributed by atoms with Crippen molar-refractivity contribution in [3.05, 3.63) is 0 Å². The summed E-state index contributed by atoms with van der Waals surface area (Å²) in [6.07, 6.45) is 0.812. The first-order chi connectivity index (χ1) is 7.25. The van der Waals surface area contributed by atoms with Gasteiger partial charge >= 0.3 is 0 Å². The molecule has 16 heavy (non-hydrogen) atoms. The predicted octanol–water partition coefficient (Wildman–Crippen LogP) is 1.55. The van der Waals surface area contributed by atoms with Crippen LogP contribution in [0.2, 0.25) is 0 Å². The Morgan fingerprint density at radius 3 is 2.38 bits per heavy atom. The molecule has 96 valence electrons. The molecule has 3 nitrogen and oxygen atoms in total. The van der Waals surface area contributed by atoms with Crippen molar-refractivity contribution in [2.75, 3.05) is 0 Å². The molecule has 0 radical (unpaired) electrons. The minimum absolute atomic E-state index is 0.0347. The van der Waals surface area contributed by atoms with Gasteiger partial charge in [0.15, 0.2) is 0 Å². The normalized spacial score (nSPS) is 40.7. The lowest BCUT2D eigenvalue weighted by atomic mass is 9.60. The molecule has 0 saturated heterocycles. The molecule has 0 aromatic heterocycles. The lowest BCUT2D eigenvalue weighted by Crippen LogP contribution is -2.49. The Hall–Kier alpha value is -0.120. The smallest absolute Gasteiger partial charge is 0.0827 e. The van der Waals surface area contributed by atoms with Crippen molar-refractivity contribution in [2.24, 2.45) is 17.3 Å². The van der Waals surface area contributed by atoms with E-state index in [4.69, 9.17) is 0 Å². The summed E-state index contributed by atoms with van der Waals surface area (Å²) in [5.41, 5.74) is 0.0347. The Morgan fingerprint density at radius 1 is 1.31 bits per heavy atom. The maximum atomic E-state index is 9.90. The standard InChI is InChI=1S/C13H26O3/c1-8(14)5-6-10-9(2)12(16)11(15)7-13(10,3)4/h8-12,14-16H,5-7H2,1-4H3/t8-,9+,10+,11-,12-/m1/s1. The van der Waals surface area contributed by atoms with E-state index in [0.29, 0.717) is 12.3 Å². The molecule has 0 unspecified atom stereocenters. The molecule has 1 saturated carbocycles. The van der Waals surface area contributed by atoms with Gasteiger partial charge in [-0.05, 0) is 43.4 Å². The first-order valence-corrected chi connectivity index (χ1v) is 6.30. The highest BCUT2D eigenvalue weighted by Gasteiger charge is 2.45. The molecule has 1 aliphatic carbocycles. The number of hydrogen-bond acceptors (Lipinski definition) is 3. The van der Waals surface area contributed by atoms with E-state index in [2.05, 4.69) is 13.8 Å². The van der Waals surface area contributed by atoms with E-state index in [-0.39, 0.29) is 17.4 Å². The SMILES string of the molecule is C[C@@H]1[C@@H](O)[C@H](O)CC(C)(C)[C@H]1CC[C@@H](C)O. The van der Waals surface area contributed by atoms with Crippen molar-refractivity contribution in [1.82, 2.24) is 0 Å². The fourth-order valence-electron chi connectivity index (χ4n) is 3.19. The van der Waals surface area contributed by atoms with Gasteiger partial charge in [-0.15, -0.1) is 0 Å². The highest BCUT2D eigenvalue weighted by molar-refractivity contribution is 4.95. The maximum absolute atomic E-state index is 9.90. The van der Waals surface area contributed by atoms with E-state index >= 15 is 0 Å². The van der Waals surface area contributed by atoms with Gasteiger partial charge in [0.25, 0.3) is 0 Å². The summed E-state index contributed by atoms with van der Waals surface area (Å²) in [5, 5.41) is 29.0. The van der Waals surface area contributed by atoms with Crippen LogP contribution >= 0.6 is 0 Å². The van der Waals surface area contributed by atoms with Crippen molar-refractivity contribution in [3.8, 4) is 0 Å². The summed E-state index contributed by atoms with van der Waals surface area (Å²) in [5.74, 6) is 0.456. The summed E-state index contributed by atoms with van der Waals surface area (Å²) in [6, 6.07) is 0. The molecule has 1 aliphatic rings. The number of aliphatic hydroxyl groups is 3. The Morgan fingerprint density at radius 2 is 1.88 bits per heavy atom. The van der Waals surface area contributed by atoms with Crippen LogP contribution in [-0.4, -0.2) is 33.6 Å². The van der Waals surface area contributed by atoms with Crippen molar-refractivity contribution in [3.63, 3.8) is 0 Å². The highest BCUT2D eigenvalue weighted by atomic mass is 16.3. The molecule has 0 amide bonds. The van der Waals surface area contributed by atoms with Crippen LogP contribution in [0.25, 0.3) is 0 Å². The first-order valence-electron chi connectivity index (χ1n) is 6.30. The molecule has 0 spiro atoms. The molecular weight excluding hydrogens is 204 g/mol. The average Bonchev–Trinajstić information content (AvgIpc) is 2.12. The molecule has 3 heteroatoms. The third-order valence-electron chi connectivity index (χ3n) is 4.20. The number of rotatable bonds is 3. The van der Waals surface area contributed by atoms with Crippen LogP contribution in [-0.2, 0) is 0 Å². The Balaban J connectivity index is 2.70. The van der Waals surface area contributed by atoms with Gasteiger partial charge in [0.2, 0.25) is 0 Å². The first kappa shape index (κ1) is 13.9. The van der Waals surface area contributed by atoms with Crippen molar-refractivity contribution in [1.29, 1.82) is 0 Å². The Kier molecular flexibility index (Phi) is 4.38. The van der Waals surface area contributed by atoms with Crippen LogP contribution in [0.15, 0.2) is 0 Å². The maximum Gasteiger partial charge on any atom is 0.0827 e. The molecule has 0 heterocycles. The summed E-state index contributed by atoms with van der Waals surface area (Å²) < 4.78 is 0. The summed E-state index contributed by atoms with van der Waals surface area (Å²) in [7, 11) is 0. The zero-order valence-corrected chi connectivity index (χ0v) is 10.8. The second-order valence-electron chi connectivity index (χ2n) is 6.14. The predicted molar refractivity (Wildman–Crippen MR) is 64.0 cm³/mol. The van der Waals surface area contributed by atoms with Gasteiger partial charge in [-0.3, -0.25) is 0 Å². The Labute approximate surface area is 98.5 Å². The lowest BCUT2D eigenvalue weighted by Gasteiger charge is -2.48. The quantitative estimate of drug-likeness (QED) is 0.689. The van der Waals surface area contributed by atoms with Crippen molar-refractivity contribution < 1.29 is 15.3 Å². The monoisotopic (exact) mass is 230 g/mol. The van der Waals surface area contributed by atoms with Gasteiger partial charge in [-0.2, -0.15) is 0 Å². The third-order valence-corrected chi connectivity index (χ3v) is 4.20. The average molecular weight is 230 g/mol. The molecule has 0 aromatic carbocycles. The molecule has 0 bridgehead atoms. The zero-order valence-electron chi connectivity index (χ0n) is 10.8. The van der Waals surface area contributed by atoms with E-state index in [0.717, 1.165) is 12.8 Å². The van der Waals surface area contributed by atoms with E-state index in [1.165, 1.54) is 0 Å². The third kappa shape index (κ3) is 2.96. The number of hydrogen-bond donors (Lipinski definition) is 3. The van der Waals surface area contributed by atoms with Gasteiger partial charge < -0.3 is 15.3 Å². The molecule has 0 aromatic rings. The molecular formula is C13H26O3. The minimum atomic E-state index is -0.618. The van der Waals surface area contributed by atoms with E-state index in [9.17, 15) is 15.3 Å². The van der Waals surface area contributed by atoms with E-state index in [1.54, 1.807) is 6.92 Å². The van der Waals surface area contributed by atoms with Crippen LogP contribution in [0, 0.1) is 17.3 Å². The fraction of sp³-hybridized carbons (Fsp3) is 1.00. The van der Waals surface area contributed by atoms with Crippen molar-refractivity contribution >= 4 is 0 Å². The summed E-state index contributed by atoms with van der Waals surface area (Å²) in [4.78, 5) is 0. The molecule has 1 fully saturated rings. The molecule has 1 rings (SSSR count). The minimum Gasteiger partial charge on any atom is -0.393 e.